The minimum absolute atomic E-state index is 0.108. The zero-order chi connectivity index (χ0) is 13.5. The van der Waals surface area contributed by atoms with Crippen LogP contribution in [-0.2, 0) is 19.1 Å². The average molecular weight is 254 g/mol. The number of esters is 1. The fourth-order valence-corrected chi connectivity index (χ4v) is 1.79. The number of rotatable bonds is 6. The van der Waals surface area contributed by atoms with Crippen LogP contribution in [0.5, 0.6) is 0 Å². The zero-order valence-electron chi connectivity index (χ0n) is 10.5. The fourth-order valence-electron chi connectivity index (χ4n) is 1.79. The maximum atomic E-state index is 12.1. The Labute approximate surface area is 106 Å². The van der Waals surface area contributed by atoms with E-state index in [0.29, 0.717) is 6.54 Å². The molecular weight excluding hydrogens is 236 g/mol. The number of carbonyl (C=O) groups is 3. The highest BCUT2D eigenvalue weighted by Crippen LogP contribution is 2.12. The molecule has 1 saturated heterocycles. The van der Waals surface area contributed by atoms with Gasteiger partial charge in [-0.05, 0) is 6.92 Å². The number of nitrogens with one attached hydrogen (secondary N) is 1. The molecule has 1 aliphatic heterocycles. The third-order valence-electron chi connectivity index (χ3n) is 2.61. The van der Waals surface area contributed by atoms with Crippen LogP contribution in [0.1, 0.15) is 13.3 Å². The van der Waals surface area contributed by atoms with E-state index in [1.165, 1.54) is 4.90 Å². The second-order valence-electron chi connectivity index (χ2n) is 4.02. The van der Waals surface area contributed by atoms with Gasteiger partial charge in [0.25, 0.3) is 0 Å². The summed E-state index contributed by atoms with van der Waals surface area (Å²) in [5.74, 6) is -1.21. The van der Waals surface area contributed by atoms with Crippen LogP contribution < -0.4 is 5.32 Å². The Morgan fingerprint density at radius 2 is 2.33 bits per heavy atom. The van der Waals surface area contributed by atoms with Gasteiger partial charge in [0, 0.05) is 19.5 Å². The normalized spacial score (nSPS) is 18.1. The van der Waals surface area contributed by atoms with Gasteiger partial charge < -0.3 is 15.0 Å². The molecular formula is C12H18N2O4. The summed E-state index contributed by atoms with van der Waals surface area (Å²) in [4.78, 5) is 35.9. The second kappa shape index (κ2) is 6.78. The molecule has 6 heteroatoms. The van der Waals surface area contributed by atoms with Gasteiger partial charge in [-0.3, -0.25) is 14.4 Å². The smallest absolute Gasteiger partial charge is 0.325 e. The predicted molar refractivity (Wildman–Crippen MR) is 64.5 cm³/mol. The molecule has 1 atom stereocenters. The first-order valence-electron chi connectivity index (χ1n) is 5.90. The lowest BCUT2D eigenvalue weighted by atomic mass is 10.1. The van der Waals surface area contributed by atoms with Crippen molar-refractivity contribution in [2.24, 2.45) is 5.92 Å². The molecule has 1 rings (SSSR count). The van der Waals surface area contributed by atoms with E-state index in [4.69, 9.17) is 4.74 Å². The topological polar surface area (TPSA) is 75.7 Å². The molecule has 0 aromatic carbocycles. The molecule has 1 unspecified atom stereocenters. The Morgan fingerprint density at radius 1 is 1.61 bits per heavy atom. The molecule has 0 aliphatic carbocycles. The van der Waals surface area contributed by atoms with Gasteiger partial charge in [0.1, 0.15) is 6.54 Å². The van der Waals surface area contributed by atoms with E-state index in [1.54, 1.807) is 13.0 Å². The van der Waals surface area contributed by atoms with Gasteiger partial charge in [-0.1, -0.05) is 6.08 Å². The highest BCUT2D eigenvalue weighted by molar-refractivity contribution is 5.90. The fraction of sp³-hybridized carbons (Fsp3) is 0.583. The SMILES string of the molecule is C=CCN(CC(=O)OCC)C(=O)C1CNC(=O)C1. The van der Waals surface area contributed by atoms with Crippen molar-refractivity contribution in [1.82, 2.24) is 10.2 Å². The van der Waals surface area contributed by atoms with Crippen molar-refractivity contribution in [3.8, 4) is 0 Å². The summed E-state index contributed by atoms with van der Waals surface area (Å²) in [6.07, 6.45) is 1.72. The number of nitrogens with zero attached hydrogens (tertiary/aromatic N) is 1. The number of ether oxygens (including phenoxy) is 1. The van der Waals surface area contributed by atoms with Crippen LogP contribution in [0.15, 0.2) is 12.7 Å². The van der Waals surface area contributed by atoms with Crippen molar-refractivity contribution < 1.29 is 19.1 Å². The third kappa shape index (κ3) is 3.87. The molecule has 0 bridgehead atoms. The highest BCUT2D eigenvalue weighted by Gasteiger charge is 2.31. The van der Waals surface area contributed by atoms with Crippen LogP contribution in [0.3, 0.4) is 0 Å². The second-order valence-corrected chi connectivity index (χ2v) is 4.02. The first kappa shape index (κ1) is 14.2. The molecule has 1 heterocycles. The Bertz CT molecular complexity index is 354. The van der Waals surface area contributed by atoms with Crippen molar-refractivity contribution in [3.63, 3.8) is 0 Å². The van der Waals surface area contributed by atoms with Crippen molar-refractivity contribution >= 4 is 17.8 Å². The molecule has 1 fully saturated rings. The molecule has 2 amide bonds. The largest absolute Gasteiger partial charge is 0.465 e. The molecule has 18 heavy (non-hydrogen) atoms. The average Bonchev–Trinajstić information content (AvgIpc) is 2.75. The third-order valence-corrected chi connectivity index (χ3v) is 2.61. The lowest BCUT2D eigenvalue weighted by Crippen LogP contribution is -2.41. The molecule has 6 nitrogen and oxygen atoms in total. The van der Waals surface area contributed by atoms with E-state index in [9.17, 15) is 14.4 Å². The Morgan fingerprint density at radius 3 is 2.83 bits per heavy atom. The molecule has 0 radical (unpaired) electrons. The van der Waals surface area contributed by atoms with E-state index >= 15 is 0 Å². The number of hydrogen-bond acceptors (Lipinski definition) is 4. The predicted octanol–water partition coefficient (Wildman–Crippen LogP) is -0.300. The molecule has 0 aromatic heterocycles. The summed E-state index contributed by atoms with van der Waals surface area (Å²) in [5, 5.41) is 2.60. The van der Waals surface area contributed by atoms with Gasteiger partial charge in [-0.15, -0.1) is 6.58 Å². The van der Waals surface area contributed by atoms with Gasteiger partial charge >= 0.3 is 5.97 Å². The van der Waals surface area contributed by atoms with Gasteiger partial charge in [0.2, 0.25) is 11.8 Å². The first-order chi connectivity index (χ1) is 8.58. The van der Waals surface area contributed by atoms with Crippen LogP contribution in [0.2, 0.25) is 0 Å². The molecule has 100 valence electrons. The van der Waals surface area contributed by atoms with Crippen LogP contribution in [0.4, 0.5) is 0 Å². The Kier molecular flexibility index (Phi) is 5.35. The molecule has 0 spiro atoms. The monoisotopic (exact) mass is 254 g/mol. The van der Waals surface area contributed by atoms with E-state index in [0.717, 1.165) is 0 Å². The maximum Gasteiger partial charge on any atom is 0.325 e. The lowest BCUT2D eigenvalue weighted by Gasteiger charge is -2.22. The van der Waals surface area contributed by atoms with Crippen LogP contribution >= 0.6 is 0 Å². The summed E-state index contributed by atoms with van der Waals surface area (Å²) in [6, 6.07) is 0. The van der Waals surface area contributed by atoms with Crippen molar-refractivity contribution in [2.75, 3.05) is 26.2 Å². The number of carbonyl (C=O) groups excluding carboxylic acids is 3. The minimum Gasteiger partial charge on any atom is -0.465 e. The first-order valence-corrected chi connectivity index (χ1v) is 5.90. The molecule has 0 saturated carbocycles. The molecule has 0 aromatic rings. The van der Waals surface area contributed by atoms with Crippen molar-refractivity contribution in [2.45, 2.75) is 13.3 Å². The molecule has 1 N–H and O–H groups in total. The summed E-state index contributed by atoms with van der Waals surface area (Å²) < 4.78 is 4.80. The maximum absolute atomic E-state index is 12.1. The highest BCUT2D eigenvalue weighted by atomic mass is 16.5. The standard InChI is InChI=1S/C12H18N2O4/c1-3-5-14(8-11(16)18-4-2)12(17)9-6-10(15)13-7-9/h3,9H,1,4-8H2,2H3,(H,13,15). The van der Waals surface area contributed by atoms with Crippen molar-refractivity contribution in [1.29, 1.82) is 0 Å². The van der Waals surface area contributed by atoms with E-state index in [2.05, 4.69) is 11.9 Å². The van der Waals surface area contributed by atoms with Crippen LogP contribution in [0.25, 0.3) is 0 Å². The van der Waals surface area contributed by atoms with E-state index in [1.807, 2.05) is 0 Å². The molecule has 1 aliphatic rings. The summed E-state index contributed by atoms with van der Waals surface area (Å²) in [7, 11) is 0. The van der Waals surface area contributed by atoms with Crippen LogP contribution in [0, 0.1) is 5.92 Å². The zero-order valence-corrected chi connectivity index (χ0v) is 10.5. The number of amides is 2. The van der Waals surface area contributed by atoms with Gasteiger partial charge in [0.15, 0.2) is 0 Å². The summed E-state index contributed by atoms with van der Waals surface area (Å²) in [6.45, 7) is 6.02. The van der Waals surface area contributed by atoms with Crippen LogP contribution in [-0.4, -0.2) is 48.9 Å². The lowest BCUT2D eigenvalue weighted by molar-refractivity contribution is -0.149. The van der Waals surface area contributed by atoms with E-state index < -0.39 is 11.9 Å². The van der Waals surface area contributed by atoms with Gasteiger partial charge in [-0.25, -0.2) is 0 Å². The Hall–Kier alpha value is -1.85. The van der Waals surface area contributed by atoms with Gasteiger partial charge in [0.05, 0.1) is 12.5 Å². The quantitative estimate of drug-likeness (QED) is 0.521. The summed E-state index contributed by atoms with van der Waals surface area (Å²) in [5.41, 5.74) is 0. The minimum atomic E-state index is -0.454. The van der Waals surface area contributed by atoms with E-state index in [-0.39, 0.29) is 37.9 Å². The van der Waals surface area contributed by atoms with Gasteiger partial charge in [-0.2, -0.15) is 0 Å². The van der Waals surface area contributed by atoms with Crippen molar-refractivity contribution in [3.05, 3.63) is 12.7 Å². The Balaban J connectivity index is 2.59. The number of hydrogen-bond donors (Lipinski definition) is 1. The summed E-state index contributed by atoms with van der Waals surface area (Å²) >= 11 is 0.